The van der Waals surface area contributed by atoms with Crippen LogP contribution in [0.25, 0.3) is 0 Å². The molecule has 47 heavy (non-hydrogen) atoms. The van der Waals surface area contributed by atoms with Crippen molar-refractivity contribution in [3.63, 3.8) is 0 Å². The van der Waals surface area contributed by atoms with Crippen molar-refractivity contribution in [3.05, 3.63) is 0 Å². The predicted octanol–water partition coefficient (Wildman–Crippen LogP) is -3.15. The third-order valence-electron chi connectivity index (χ3n) is 7.10. The monoisotopic (exact) mass is 668 g/mol. The van der Waals surface area contributed by atoms with Gasteiger partial charge >= 0.3 is 5.97 Å². The van der Waals surface area contributed by atoms with Crippen molar-refractivity contribution in [2.75, 3.05) is 26.2 Å². The second-order valence-electron chi connectivity index (χ2n) is 12.0. The van der Waals surface area contributed by atoms with E-state index in [0.717, 1.165) is 0 Å². The third kappa shape index (κ3) is 14.9. The highest BCUT2D eigenvalue weighted by molar-refractivity contribution is 5.96. The Kier molecular flexibility index (Phi) is 16.9. The van der Waals surface area contributed by atoms with Gasteiger partial charge in [0.1, 0.15) is 30.7 Å². The van der Waals surface area contributed by atoms with Gasteiger partial charge in [-0.3, -0.25) is 43.2 Å². The molecule has 1 fully saturated rings. The molecule has 0 aromatic rings. The molecule has 0 aromatic carbocycles. The first kappa shape index (κ1) is 40.3. The molecule has 264 valence electrons. The Labute approximate surface area is 273 Å². The van der Waals surface area contributed by atoms with Crippen molar-refractivity contribution in [2.24, 2.45) is 17.6 Å². The zero-order valence-electron chi connectivity index (χ0n) is 27.5. The minimum absolute atomic E-state index is 0.113. The molecule has 1 rings (SSSR count). The summed E-state index contributed by atoms with van der Waals surface area (Å²) < 4.78 is 0. The number of carbonyl (C=O) groups is 9. The lowest BCUT2D eigenvalue weighted by molar-refractivity contribution is -0.143. The molecule has 0 spiro atoms. The van der Waals surface area contributed by atoms with Crippen molar-refractivity contribution in [3.8, 4) is 0 Å². The SMILES string of the molecule is CC(=O)NCC(=O)NCC(=O)N[C@H](C(=O)N[C@@H](CC(C)C)C(=O)N[C@@H](CCC(N)=O)C(=O)N1CCC[C@H]1C(=O)NCC(=O)O)C(C)C. The number of carboxylic acid groups (broad SMARTS) is 1. The molecule has 0 saturated carbocycles. The Balaban J connectivity index is 3.07. The van der Waals surface area contributed by atoms with Crippen molar-refractivity contribution in [1.82, 2.24) is 36.8 Å². The van der Waals surface area contributed by atoms with E-state index >= 15 is 0 Å². The largest absolute Gasteiger partial charge is 0.480 e. The zero-order chi connectivity index (χ0) is 35.8. The Morgan fingerprint density at radius 3 is 1.98 bits per heavy atom. The van der Waals surface area contributed by atoms with Gasteiger partial charge in [-0.2, -0.15) is 0 Å². The van der Waals surface area contributed by atoms with Crippen LogP contribution >= 0.6 is 0 Å². The number of hydrogen-bond acceptors (Lipinski definition) is 9. The molecule has 0 bridgehead atoms. The van der Waals surface area contributed by atoms with Gasteiger partial charge in [-0.15, -0.1) is 0 Å². The van der Waals surface area contributed by atoms with Gasteiger partial charge in [0.05, 0.1) is 13.1 Å². The number of likely N-dealkylation sites (tertiary alicyclic amines) is 1. The van der Waals surface area contributed by atoms with E-state index < -0.39 is 96.4 Å². The van der Waals surface area contributed by atoms with E-state index in [9.17, 15) is 43.2 Å². The standard InChI is InChI=1S/C29H48N8O10/c1-15(2)11-19(35-28(46)25(16(3)4)36-23(41)13-32-22(40)12-31-17(5)38)26(44)34-18(8-9-21(30)39)29(47)37-10-6-7-20(37)27(45)33-14-24(42)43/h15-16,18-20,25H,6-14H2,1-5H3,(H2,30,39)(H,31,38)(H,32,40)(H,33,45)(H,34,44)(H,35,46)(H,36,41)(H,42,43)/t18-,19-,20-,25-/m0/s1. The van der Waals surface area contributed by atoms with Gasteiger partial charge in [0.25, 0.3) is 0 Å². The Bertz CT molecular complexity index is 1190. The quantitative estimate of drug-likeness (QED) is 0.0684. The lowest BCUT2D eigenvalue weighted by Crippen LogP contribution is -2.59. The molecule has 9 N–H and O–H groups in total. The van der Waals surface area contributed by atoms with Crippen molar-refractivity contribution < 1.29 is 48.3 Å². The molecule has 8 amide bonds. The van der Waals surface area contributed by atoms with Crippen LogP contribution in [-0.4, -0.2) is 114 Å². The first-order chi connectivity index (χ1) is 21.9. The van der Waals surface area contributed by atoms with Gasteiger partial charge in [-0.25, -0.2) is 0 Å². The number of aliphatic carboxylic acids is 1. The number of amides is 8. The van der Waals surface area contributed by atoms with Crippen LogP contribution in [-0.2, 0) is 43.2 Å². The average molecular weight is 669 g/mol. The van der Waals surface area contributed by atoms with Crippen LogP contribution < -0.4 is 37.6 Å². The van der Waals surface area contributed by atoms with Gasteiger partial charge in [0.2, 0.25) is 47.3 Å². The van der Waals surface area contributed by atoms with Crippen LogP contribution in [0, 0.1) is 11.8 Å². The number of nitrogens with two attached hydrogens (primary N) is 1. The fourth-order valence-electron chi connectivity index (χ4n) is 4.77. The molecule has 0 aromatic heterocycles. The fourth-order valence-corrected chi connectivity index (χ4v) is 4.77. The molecule has 1 saturated heterocycles. The van der Waals surface area contributed by atoms with E-state index in [4.69, 9.17) is 10.8 Å². The highest BCUT2D eigenvalue weighted by Crippen LogP contribution is 2.20. The van der Waals surface area contributed by atoms with Crippen LogP contribution in [0.5, 0.6) is 0 Å². The fraction of sp³-hybridized carbons (Fsp3) is 0.690. The third-order valence-corrected chi connectivity index (χ3v) is 7.10. The maximum atomic E-state index is 13.6. The van der Waals surface area contributed by atoms with Crippen LogP contribution in [0.4, 0.5) is 0 Å². The molecule has 0 aliphatic carbocycles. The summed E-state index contributed by atoms with van der Waals surface area (Å²) in [6.07, 6.45) is 0.378. The van der Waals surface area contributed by atoms with E-state index in [1.54, 1.807) is 27.7 Å². The van der Waals surface area contributed by atoms with Gasteiger partial charge in [0.15, 0.2) is 0 Å². The van der Waals surface area contributed by atoms with E-state index in [0.29, 0.717) is 6.42 Å². The van der Waals surface area contributed by atoms with Gasteiger partial charge in [-0.1, -0.05) is 27.7 Å². The number of nitrogens with one attached hydrogen (secondary N) is 6. The van der Waals surface area contributed by atoms with Crippen LogP contribution in [0.3, 0.4) is 0 Å². The minimum Gasteiger partial charge on any atom is -0.480 e. The normalized spacial score (nSPS) is 16.0. The summed E-state index contributed by atoms with van der Waals surface area (Å²) in [5, 5.41) is 23.5. The number of hydrogen-bond donors (Lipinski definition) is 8. The van der Waals surface area contributed by atoms with Gasteiger partial charge < -0.3 is 47.6 Å². The molecule has 1 aliphatic rings. The van der Waals surface area contributed by atoms with Crippen LogP contribution in [0.1, 0.15) is 66.7 Å². The number of rotatable bonds is 19. The number of carboxylic acids is 1. The van der Waals surface area contributed by atoms with Gasteiger partial charge in [-0.05, 0) is 37.5 Å². The summed E-state index contributed by atoms with van der Waals surface area (Å²) in [6, 6.07) is -4.56. The Morgan fingerprint density at radius 2 is 1.43 bits per heavy atom. The smallest absolute Gasteiger partial charge is 0.322 e. The van der Waals surface area contributed by atoms with Crippen molar-refractivity contribution in [1.29, 1.82) is 0 Å². The zero-order valence-corrected chi connectivity index (χ0v) is 27.5. The van der Waals surface area contributed by atoms with E-state index in [2.05, 4.69) is 31.9 Å². The van der Waals surface area contributed by atoms with E-state index in [1.807, 2.05) is 0 Å². The first-order valence-corrected chi connectivity index (χ1v) is 15.4. The maximum Gasteiger partial charge on any atom is 0.322 e. The van der Waals surface area contributed by atoms with E-state index in [1.165, 1.54) is 11.8 Å². The minimum atomic E-state index is -1.30. The maximum absolute atomic E-state index is 13.6. The summed E-state index contributed by atoms with van der Waals surface area (Å²) >= 11 is 0. The van der Waals surface area contributed by atoms with Crippen LogP contribution in [0.2, 0.25) is 0 Å². The molecule has 0 radical (unpaired) electrons. The molecule has 1 aliphatic heterocycles. The predicted molar refractivity (Wildman–Crippen MR) is 166 cm³/mol. The Morgan fingerprint density at radius 1 is 0.809 bits per heavy atom. The molecule has 18 heteroatoms. The summed E-state index contributed by atoms with van der Waals surface area (Å²) in [5.74, 6) is -7.07. The van der Waals surface area contributed by atoms with Crippen LogP contribution in [0.15, 0.2) is 0 Å². The summed E-state index contributed by atoms with van der Waals surface area (Å²) in [4.78, 5) is 112. The second-order valence-corrected chi connectivity index (χ2v) is 12.0. The number of carbonyl (C=O) groups excluding carboxylic acids is 8. The lowest BCUT2D eigenvalue weighted by atomic mass is 9.99. The summed E-state index contributed by atoms with van der Waals surface area (Å²) in [5.41, 5.74) is 5.30. The van der Waals surface area contributed by atoms with E-state index in [-0.39, 0.29) is 44.7 Å². The van der Waals surface area contributed by atoms with Crippen molar-refractivity contribution >= 4 is 53.2 Å². The lowest BCUT2D eigenvalue weighted by Gasteiger charge is -2.30. The molecule has 18 nitrogen and oxygen atoms in total. The molecule has 0 unspecified atom stereocenters. The number of nitrogens with zero attached hydrogens (tertiary/aromatic N) is 1. The molecule has 1 heterocycles. The first-order valence-electron chi connectivity index (χ1n) is 15.4. The van der Waals surface area contributed by atoms with Crippen molar-refractivity contribution in [2.45, 2.75) is 90.9 Å². The topological polar surface area (TPSA) is 275 Å². The van der Waals surface area contributed by atoms with Gasteiger partial charge in [0, 0.05) is 19.9 Å². The molecular formula is C29H48N8O10. The average Bonchev–Trinajstić information content (AvgIpc) is 3.47. The molecule has 4 atom stereocenters. The summed E-state index contributed by atoms with van der Waals surface area (Å²) in [6.45, 7) is 6.87. The second kappa shape index (κ2) is 19.7. The summed E-state index contributed by atoms with van der Waals surface area (Å²) in [7, 11) is 0. The highest BCUT2D eigenvalue weighted by Gasteiger charge is 2.39. The number of primary amides is 1. The Hall–Kier alpha value is -4.77. The molecular weight excluding hydrogens is 620 g/mol. The highest BCUT2D eigenvalue weighted by atomic mass is 16.4.